The van der Waals surface area contributed by atoms with Crippen molar-refractivity contribution >= 4 is 39.2 Å². The molecule has 156 valence electrons. The minimum Gasteiger partial charge on any atom is -0.463 e. The van der Waals surface area contributed by atoms with Crippen LogP contribution >= 0.6 is 11.6 Å². The van der Waals surface area contributed by atoms with E-state index in [2.05, 4.69) is 5.32 Å². The second-order valence-electron chi connectivity index (χ2n) is 6.52. The first kappa shape index (κ1) is 22.7. The number of halogens is 1. The lowest BCUT2D eigenvalue weighted by Gasteiger charge is -2.20. The van der Waals surface area contributed by atoms with Gasteiger partial charge < -0.3 is 10.1 Å². The van der Waals surface area contributed by atoms with E-state index in [-0.39, 0.29) is 29.5 Å². The summed E-state index contributed by atoms with van der Waals surface area (Å²) in [6, 6.07) is 12.1. The summed E-state index contributed by atoms with van der Waals surface area (Å²) in [6.07, 6.45) is -0.198. The van der Waals surface area contributed by atoms with Crippen molar-refractivity contribution in [3.05, 3.63) is 59.1 Å². The highest BCUT2D eigenvalue weighted by Crippen LogP contribution is 2.25. The average molecular weight is 439 g/mol. The van der Waals surface area contributed by atoms with E-state index in [4.69, 9.17) is 16.3 Å². The zero-order chi connectivity index (χ0) is 21.6. The molecule has 0 aromatic heterocycles. The highest BCUT2D eigenvalue weighted by molar-refractivity contribution is 7.92. The van der Waals surface area contributed by atoms with Gasteiger partial charge in [-0.3, -0.25) is 13.9 Å². The molecule has 0 saturated carbocycles. The van der Waals surface area contributed by atoms with Gasteiger partial charge in [0, 0.05) is 24.2 Å². The van der Waals surface area contributed by atoms with Crippen LogP contribution in [0.2, 0.25) is 5.02 Å². The number of anilines is 1. The summed E-state index contributed by atoms with van der Waals surface area (Å²) in [5.41, 5.74) is 0.568. The summed E-state index contributed by atoms with van der Waals surface area (Å²) < 4.78 is 31.9. The number of amides is 1. The van der Waals surface area contributed by atoms with E-state index in [0.29, 0.717) is 10.7 Å². The Labute approximate surface area is 175 Å². The second-order valence-corrected chi connectivity index (χ2v) is 8.93. The lowest BCUT2D eigenvalue weighted by atomic mass is 10.2. The second kappa shape index (κ2) is 9.76. The SMILES string of the molecule is CC(C)OC(=O)CCNC(=O)c1cccc(S(=O)(=O)N(C)c2cccc(Cl)c2)c1. The van der Waals surface area contributed by atoms with Crippen LogP contribution in [0.15, 0.2) is 53.4 Å². The molecule has 29 heavy (non-hydrogen) atoms. The van der Waals surface area contributed by atoms with E-state index in [0.717, 1.165) is 4.31 Å². The van der Waals surface area contributed by atoms with Crippen LogP contribution in [0.4, 0.5) is 5.69 Å². The molecule has 0 heterocycles. The number of nitrogens with zero attached hydrogens (tertiary/aromatic N) is 1. The molecule has 2 aromatic rings. The quantitative estimate of drug-likeness (QED) is 0.638. The molecule has 0 unspecified atom stereocenters. The molecule has 1 N–H and O–H groups in total. The van der Waals surface area contributed by atoms with Gasteiger partial charge in [0.1, 0.15) is 0 Å². The van der Waals surface area contributed by atoms with Crippen LogP contribution in [-0.2, 0) is 19.6 Å². The fraction of sp³-hybridized carbons (Fsp3) is 0.300. The van der Waals surface area contributed by atoms with Crippen LogP contribution in [0.25, 0.3) is 0 Å². The van der Waals surface area contributed by atoms with E-state index >= 15 is 0 Å². The minimum atomic E-state index is -3.89. The van der Waals surface area contributed by atoms with Crippen molar-refractivity contribution in [3.63, 3.8) is 0 Å². The first-order valence-electron chi connectivity index (χ1n) is 8.93. The van der Waals surface area contributed by atoms with Crippen molar-refractivity contribution < 1.29 is 22.7 Å². The van der Waals surface area contributed by atoms with Gasteiger partial charge >= 0.3 is 5.97 Å². The number of carbonyl (C=O) groups is 2. The predicted octanol–water partition coefficient (Wildman–Crippen LogP) is 3.24. The van der Waals surface area contributed by atoms with Crippen LogP contribution in [0.5, 0.6) is 0 Å². The Morgan fingerprint density at radius 1 is 1.14 bits per heavy atom. The first-order valence-corrected chi connectivity index (χ1v) is 10.8. The highest BCUT2D eigenvalue weighted by Gasteiger charge is 2.22. The molecule has 1 amide bonds. The summed E-state index contributed by atoms with van der Waals surface area (Å²) in [5.74, 6) is -0.899. The van der Waals surface area contributed by atoms with Crippen molar-refractivity contribution in [2.45, 2.75) is 31.3 Å². The summed E-state index contributed by atoms with van der Waals surface area (Å²) >= 11 is 5.94. The van der Waals surface area contributed by atoms with Crippen molar-refractivity contribution in [2.24, 2.45) is 0 Å². The maximum atomic E-state index is 12.9. The van der Waals surface area contributed by atoms with E-state index in [1.807, 2.05) is 0 Å². The number of rotatable bonds is 8. The molecule has 2 aromatic carbocycles. The topological polar surface area (TPSA) is 92.8 Å². The Hall–Kier alpha value is -2.58. The number of hydrogen-bond acceptors (Lipinski definition) is 5. The molecule has 7 nitrogen and oxygen atoms in total. The van der Waals surface area contributed by atoms with Gasteiger partial charge in [-0.25, -0.2) is 8.42 Å². The van der Waals surface area contributed by atoms with E-state index in [1.165, 1.54) is 37.4 Å². The zero-order valence-electron chi connectivity index (χ0n) is 16.4. The van der Waals surface area contributed by atoms with Gasteiger partial charge in [0.25, 0.3) is 15.9 Å². The number of carbonyl (C=O) groups excluding carboxylic acids is 2. The Bertz CT molecular complexity index is 992. The van der Waals surface area contributed by atoms with Gasteiger partial charge in [0.15, 0.2) is 0 Å². The third-order valence-corrected chi connectivity index (χ3v) is 5.92. The highest BCUT2D eigenvalue weighted by atomic mass is 35.5. The first-order chi connectivity index (χ1) is 13.6. The molecular weight excluding hydrogens is 416 g/mol. The Balaban J connectivity index is 2.11. The molecule has 0 fully saturated rings. The molecular formula is C20H23ClN2O5S. The number of esters is 1. The monoisotopic (exact) mass is 438 g/mol. The predicted molar refractivity (Wildman–Crippen MR) is 112 cm³/mol. The number of ether oxygens (including phenoxy) is 1. The third-order valence-electron chi connectivity index (χ3n) is 3.91. The molecule has 0 saturated heterocycles. The normalized spacial score (nSPS) is 11.2. The van der Waals surface area contributed by atoms with Crippen LogP contribution < -0.4 is 9.62 Å². The number of benzene rings is 2. The maximum absolute atomic E-state index is 12.9. The summed E-state index contributed by atoms with van der Waals surface area (Å²) in [7, 11) is -2.48. The summed E-state index contributed by atoms with van der Waals surface area (Å²) in [5, 5.41) is 3.00. The van der Waals surface area contributed by atoms with E-state index in [9.17, 15) is 18.0 Å². The van der Waals surface area contributed by atoms with Gasteiger partial charge in [-0.15, -0.1) is 0 Å². The van der Waals surface area contributed by atoms with Crippen LogP contribution in [0.1, 0.15) is 30.6 Å². The summed E-state index contributed by atoms with van der Waals surface area (Å²) in [6.45, 7) is 3.56. The molecule has 9 heteroatoms. The minimum absolute atomic E-state index is 0.0272. The van der Waals surface area contributed by atoms with Gasteiger partial charge in [0.2, 0.25) is 0 Å². The van der Waals surface area contributed by atoms with Gasteiger partial charge in [0.05, 0.1) is 23.1 Å². The Morgan fingerprint density at radius 3 is 2.48 bits per heavy atom. The van der Waals surface area contributed by atoms with Crippen molar-refractivity contribution in [3.8, 4) is 0 Å². The van der Waals surface area contributed by atoms with Gasteiger partial charge in [-0.05, 0) is 50.2 Å². The Kier molecular flexibility index (Phi) is 7.64. The molecule has 2 rings (SSSR count). The fourth-order valence-corrected chi connectivity index (χ4v) is 3.89. The number of hydrogen-bond donors (Lipinski definition) is 1. The van der Waals surface area contributed by atoms with E-state index in [1.54, 1.807) is 32.0 Å². The lowest BCUT2D eigenvalue weighted by Crippen LogP contribution is -2.28. The van der Waals surface area contributed by atoms with Crippen LogP contribution in [0, 0.1) is 0 Å². The van der Waals surface area contributed by atoms with E-state index < -0.39 is 21.9 Å². The van der Waals surface area contributed by atoms with Crippen molar-refractivity contribution in [1.29, 1.82) is 0 Å². The molecule has 0 atom stereocenters. The molecule has 0 aliphatic carbocycles. The molecule has 0 aliphatic rings. The van der Waals surface area contributed by atoms with Gasteiger partial charge in [-0.2, -0.15) is 0 Å². The molecule has 0 aliphatic heterocycles. The molecule has 0 radical (unpaired) electrons. The number of nitrogens with one attached hydrogen (secondary N) is 1. The number of sulfonamides is 1. The maximum Gasteiger partial charge on any atom is 0.307 e. The van der Waals surface area contributed by atoms with Crippen molar-refractivity contribution in [2.75, 3.05) is 17.9 Å². The third kappa shape index (κ3) is 6.20. The smallest absolute Gasteiger partial charge is 0.307 e. The molecule has 0 bridgehead atoms. The van der Waals surface area contributed by atoms with Crippen molar-refractivity contribution in [1.82, 2.24) is 5.32 Å². The summed E-state index contributed by atoms with van der Waals surface area (Å²) in [4.78, 5) is 23.8. The zero-order valence-corrected chi connectivity index (χ0v) is 18.0. The standard InChI is InChI=1S/C20H23ClN2O5S/c1-14(2)28-19(24)10-11-22-20(25)15-6-4-9-18(12-15)29(26,27)23(3)17-8-5-7-16(21)13-17/h4-9,12-14H,10-11H2,1-3H3,(H,22,25). The van der Waals surface area contributed by atoms with Gasteiger partial charge in [-0.1, -0.05) is 23.7 Å². The Morgan fingerprint density at radius 2 is 1.83 bits per heavy atom. The van der Waals surface area contributed by atoms with Crippen LogP contribution in [-0.4, -0.2) is 40.0 Å². The molecule has 0 spiro atoms. The average Bonchev–Trinajstić information content (AvgIpc) is 2.66. The van der Waals surface area contributed by atoms with Crippen LogP contribution in [0.3, 0.4) is 0 Å². The fourth-order valence-electron chi connectivity index (χ4n) is 2.47. The lowest BCUT2D eigenvalue weighted by molar-refractivity contribution is -0.147. The largest absolute Gasteiger partial charge is 0.463 e.